The van der Waals surface area contributed by atoms with Gasteiger partial charge < -0.3 is 43.4 Å². The first-order chi connectivity index (χ1) is 24.8. The van der Waals surface area contributed by atoms with Crippen molar-refractivity contribution in [1.29, 1.82) is 5.41 Å². The van der Waals surface area contributed by atoms with Crippen molar-refractivity contribution in [2.45, 2.75) is 77.4 Å². The molecule has 1 aliphatic rings. The van der Waals surface area contributed by atoms with Gasteiger partial charge in [0, 0.05) is 44.8 Å². The second-order valence-electron chi connectivity index (χ2n) is 13.6. The van der Waals surface area contributed by atoms with E-state index in [2.05, 4.69) is 15.6 Å². The Hall–Kier alpha value is -5.18. The molecule has 0 radical (unpaired) electrons. The fourth-order valence-electron chi connectivity index (χ4n) is 6.31. The molecule has 15 heteroatoms. The van der Waals surface area contributed by atoms with Crippen LogP contribution in [0.1, 0.15) is 57.1 Å². The van der Waals surface area contributed by atoms with E-state index >= 15 is 0 Å². The van der Waals surface area contributed by atoms with Gasteiger partial charge in [0.05, 0.1) is 6.54 Å². The van der Waals surface area contributed by atoms with Crippen LogP contribution in [0.5, 0.6) is 0 Å². The van der Waals surface area contributed by atoms with Crippen molar-refractivity contribution < 1.29 is 19.2 Å². The van der Waals surface area contributed by atoms with Crippen molar-refractivity contribution in [3.63, 3.8) is 0 Å². The maximum absolute atomic E-state index is 14.4. The van der Waals surface area contributed by atoms with Gasteiger partial charge in [-0.05, 0) is 62.1 Å². The SMILES string of the molecule is Cc1ccccc1N(C(=O)CN)[C@H](Cc1ccccc1)C(=O)N[C@H](CC(C)C)C(=O)N[C@H](CCCCN=C(N)N)C(=O)N1CCCN(C(=N)N)CC1. The first kappa shape index (κ1) is 41.2. The van der Waals surface area contributed by atoms with Gasteiger partial charge in [0.1, 0.15) is 18.1 Å². The summed E-state index contributed by atoms with van der Waals surface area (Å²) in [6.07, 6.45) is 2.53. The number of aryl methyl sites for hydroxylation is 1. The lowest BCUT2D eigenvalue weighted by molar-refractivity contribution is -0.137. The first-order valence-corrected chi connectivity index (χ1v) is 18.0. The van der Waals surface area contributed by atoms with Crippen molar-refractivity contribution in [2.75, 3.05) is 44.2 Å². The Kier molecular flexibility index (Phi) is 16.4. The van der Waals surface area contributed by atoms with Crippen LogP contribution in [0.3, 0.4) is 0 Å². The number of guanidine groups is 2. The minimum atomic E-state index is -1.03. The molecule has 4 amide bonds. The fourth-order valence-corrected chi connectivity index (χ4v) is 6.31. The second-order valence-corrected chi connectivity index (χ2v) is 13.6. The number of unbranched alkanes of at least 4 members (excludes halogenated alkanes) is 1. The number of amides is 4. The van der Waals surface area contributed by atoms with Gasteiger partial charge in [-0.3, -0.25) is 34.5 Å². The fraction of sp³-hybridized carbons (Fsp3) is 0.514. The molecule has 2 aromatic carbocycles. The van der Waals surface area contributed by atoms with Crippen LogP contribution in [0.4, 0.5) is 5.69 Å². The number of benzene rings is 2. The van der Waals surface area contributed by atoms with E-state index in [-0.39, 0.29) is 43.1 Å². The van der Waals surface area contributed by atoms with Crippen LogP contribution in [0.2, 0.25) is 0 Å². The summed E-state index contributed by atoms with van der Waals surface area (Å²) in [4.78, 5) is 64.9. The van der Waals surface area contributed by atoms with Crippen LogP contribution in [-0.2, 0) is 25.6 Å². The molecule has 1 aliphatic heterocycles. The molecule has 0 unspecified atom stereocenters. The Morgan fingerprint density at radius 2 is 1.50 bits per heavy atom. The normalized spacial score (nSPS) is 14.8. The van der Waals surface area contributed by atoms with Crippen LogP contribution < -0.4 is 38.5 Å². The number of anilines is 1. The lowest BCUT2D eigenvalue weighted by Crippen LogP contribution is -2.59. The van der Waals surface area contributed by atoms with Gasteiger partial charge in [-0.1, -0.05) is 62.4 Å². The summed E-state index contributed by atoms with van der Waals surface area (Å²) in [5, 5.41) is 13.7. The van der Waals surface area contributed by atoms with Gasteiger partial charge >= 0.3 is 0 Å². The highest BCUT2D eigenvalue weighted by molar-refractivity contribution is 6.03. The zero-order chi connectivity index (χ0) is 38.2. The summed E-state index contributed by atoms with van der Waals surface area (Å²) < 4.78 is 0. The molecule has 0 bridgehead atoms. The molecule has 0 aliphatic carbocycles. The van der Waals surface area contributed by atoms with E-state index in [4.69, 9.17) is 28.3 Å². The number of aliphatic imine (C=N–C) groups is 1. The molecule has 1 heterocycles. The largest absolute Gasteiger partial charge is 0.370 e. The number of para-hydroxylation sites is 1. The molecule has 15 nitrogen and oxygen atoms in total. The monoisotopic (exact) mass is 719 g/mol. The molecule has 1 fully saturated rings. The van der Waals surface area contributed by atoms with Crippen molar-refractivity contribution >= 4 is 41.2 Å². The number of hydrogen-bond donors (Lipinski definition) is 7. The molecule has 284 valence electrons. The Bertz CT molecular complexity index is 1530. The standard InChI is InChI=1S/C37H57N11O4/c1-25(2)22-29(33(50)44-28(15-9-10-17-43-36(39)40)35(52)46-18-11-19-47(21-20-46)37(41)42)45-34(51)31(23-27-13-5-4-6-14-27)48(32(49)24-38)30-16-8-7-12-26(30)3/h4-8,12-14,16,25,28-29,31H,9-11,15,17-24,38H2,1-3H3,(H3,41,42)(H,44,50)(H,45,51)(H4,39,40,43)/t28-,29-,31-/m1/s1. The van der Waals surface area contributed by atoms with E-state index in [1.54, 1.807) is 21.9 Å². The molecule has 0 spiro atoms. The molecule has 0 saturated carbocycles. The molecule has 3 rings (SSSR count). The van der Waals surface area contributed by atoms with Crippen LogP contribution in [0, 0.1) is 18.3 Å². The Labute approximate surface area is 307 Å². The van der Waals surface area contributed by atoms with Gasteiger partial charge in [-0.25, -0.2) is 0 Å². The van der Waals surface area contributed by atoms with Crippen LogP contribution >= 0.6 is 0 Å². The maximum Gasteiger partial charge on any atom is 0.245 e. The molecule has 0 aromatic heterocycles. The van der Waals surface area contributed by atoms with E-state index in [1.807, 2.05) is 63.2 Å². The van der Waals surface area contributed by atoms with E-state index in [0.717, 1.165) is 11.1 Å². The molecule has 1 saturated heterocycles. The minimum absolute atomic E-state index is 0.00123. The zero-order valence-corrected chi connectivity index (χ0v) is 30.7. The first-order valence-electron chi connectivity index (χ1n) is 18.0. The zero-order valence-electron chi connectivity index (χ0n) is 30.7. The Balaban J connectivity index is 1.92. The van der Waals surface area contributed by atoms with Gasteiger partial charge in [-0.2, -0.15) is 0 Å². The average Bonchev–Trinajstić information content (AvgIpc) is 3.37. The molecule has 3 atom stereocenters. The average molecular weight is 720 g/mol. The Morgan fingerprint density at radius 1 is 0.865 bits per heavy atom. The number of nitrogens with two attached hydrogens (primary N) is 4. The van der Waals surface area contributed by atoms with Gasteiger partial charge in [0.2, 0.25) is 23.6 Å². The summed E-state index contributed by atoms with van der Waals surface area (Å²) in [6.45, 7) is 7.53. The topological polar surface area (TPSA) is 242 Å². The van der Waals surface area contributed by atoms with Crippen molar-refractivity contribution in [3.05, 3.63) is 65.7 Å². The highest BCUT2D eigenvalue weighted by Gasteiger charge is 2.36. The number of carbonyl (C=O) groups is 4. The number of carbonyl (C=O) groups excluding carboxylic acids is 4. The number of hydrogen-bond acceptors (Lipinski definition) is 7. The number of nitrogens with zero attached hydrogens (tertiary/aromatic N) is 4. The molecular weight excluding hydrogens is 662 g/mol. The molecule has 2 aromatic rings. The van der Waals surface area contributed by atoms with Crippen molar-refractivity contribution in [1.82, 2.24) is 20.4 Å². The minimum Gasteiger partial charge on any atom is -0.370 e. The van der Waals surface area contributed by atoms with Crippen LogP contribution in [0.15, 0.2) is 59.6 Å². The van der Waals surface area contributed by atoms with Crippen LogP contribution in [-0.4, -0.2) is 103 Å². The van der Waals surface area contributed by atoms with Gasteiger partial charge in [-0.15, -0.1) is 0 Å². The summed E-state index contributed by atoms with van der Waals surface area (Å²) in [5.41, 5.74) is 24.7. The number of rotatable bonds is 17. The third-order valence-electron chi connectivity index (χ3n) is 9.00. The van der Waals surface area contributed by atoms with E-state index in [0.29, 0.717) is 64.1 Å². The lowest BCUT2D eigenvalue weighted by atomic mass is 9.98. The highest BCUT2D eigenvalue weighted by atomic mass is 16.2. The third kappa shape index (κ3) is 12.5. The van der Waals surface area contributed by atoms with E-state index in [9.17, 15) is 19.2 Å². The lowest BCUT2D eigenvalue weighted by Gasteiger charge is -2.34. The van der Waals surface area contributed by atoms with Gasteiger partial charge in [0.25, 0.3) is 0 Å². The quantitative estimate of drug-likeness (QED) is 0.0693. The molecular formula is C37H57N11O4. The predicted octanol–water partition coefficient (Wildman–Crippen LogP) is 0.785. The number of nitrogens with one attached hydrogen (secondary N) is 3. The highest BCUT2D eigenvalue weighted by Crippen LogP contribution is 2.24. The Morgan fingerprint density at radius 3 is 2.13 bits per heavy atom. The van der Waals surface area contributed by atoms with Crippen LogP contribution in [0.25, 0.3) is 0 Å². The second kappa shape index (κ2) is 20.6. The molecule has 11 N–H and O–H groups in total. The van der Waals surface area contributed by atoms with E-state index < -0.39 is 35.8 Å². The summed E-state index contributed by atoms with van der Waals surface area (Å²) in [6, 6.07) is 13.7. The van der Waals surface area contributed by atoms with Crippen molar-refractivity contribution in [2.24, 2.45) is 33.8 Å². The predicted molar refractivity (Wildman–Crippen MR) is 204 cm³/mol. The smallest absolute Gasteiger partial charge is 0.245 e. The third-order valence-corrected chi connectivity index (χ3v) is 9.00. The summed E-state index contributed by atoms with van der Waals surface area (Å²) in [7, 11) is 0. The van der Waals surface area contributed by atoms with Gasteiger partial charge in [0.15, 0.2) is 11.9 Å². The maximum atomic E-state index is 14.4. The molecule has 52 heavy (non-hydrogen) atoms. The summed E-state index contributed by atoms with van der Waals surface area (Å²) >= 11 is 0. The van der Waals surface area contributed by atoms with Crippen molar-refractivity contribution in [3.8, 4) is 0 Å². The summed E-state index contributed by atoms with van der Waals surface area (Å²) in [5.74, 6) is -1.79. The van der Waals surface area contributed by atoms with E-state index in [1.165, 1.54) is 4.90 Å².